The second-order valence-corrected chi connectivity index (χ2v) is 2.33. The van der Waals surface area contributed by atoms with Gasteiger partial charge >= 0.3 is 0 Å². The molecule has 2 heteroatoms. The molecule has 0 atom stereocenters. The second kappa shape index (κ2) is 3.37. The third-order valence-electron chi connectivity index (χ3n) is 1.68. The van der Waals surface area contributed by atoms with Crippen molar-refractivity contribution in [1.82, 2.24) is 4.98 Å². The van der Waals surface area contributed by atoms with E-state index in [9.17, 15) is 0 Å². The molecule has 0 amide bonds. The number of aromatic nitrogens is 1. The Morgan fingerprint density at radius 2 is 2.18 bits per heavy atom. The number of hydrogen-bond acceptors (Lipinski definition) is 1. The predicted octanol–water partition coefficient (Wildman–Crippen LogP) is 2.28. The summed E-state index contributed by atoms with van der Waals surface area (Å²) in [4.78, 5) is 7.28. The van der Waals surface area contributed by atoms with E-state index in [0.29, 0.717) is 0 Å². The number of aliphatic imine (C=N–C) groups is 1. The van der Waals surface area contributed by atoms with Gasteiger partial charge in [0.1, 0.15) is 0 Å². The van der Waals surface area contributed by atoms with Crippen LogP contribution in [0.1, 0.15) is 30.7 Å². The fourth-order valence-electron chi connectivity index (χ4n) is 1.13. The molecule has 0 bridgehead atoms. The molecule has 0 aliphatic carbocycles. The summed E-state index contributed by atoms with van der Waals surface area (Å²) < 4.78 is 0. The van der Waals surface area contributed by atoms with Gasteiger partial charge in [0.05, 0.1) is 6.54 Å². The molecule has 0 spiro atoms. The van der Waals surface area contributed by atoms with Gasteiger partial charge in [-0.05, 0) is 12.5 Å². The van der Waals surface area contributed by atoms with Gasteiger partial charge in [0.2, 0.25) is 0 Å². The van der Waals surface area contributed by atoms with E-state index in [2.05, 4.69) is 16.9 Å². The maximum absolute atomic E-state index is 4.12. The van der Waals surface area contributed by atoms with E-state index in [4.69, 9.17) is 0 Å². The lowest BCUT2D eigenvalue weighted by Crippen LogP contribution is -1.78. The second-order valence-electron chi connectivity index (χ2n) is 2.33. The van der Waals surface area contributed by atoms with Gasteiger partial charge in [-0.2, -0.15) is 0 Å². The number of nitrogens with zero attached hydrogens (tertiary/aromatic N) is 1. The minimum atomic E-state index is 0.836. The summed E-state index contributed by atoms with van der Waals surface area (Å²) in [6.45, 7) is 6.93. The van der Waals surface area contributed by atoms with Crippen LogP contribution in [0.3, 0.4) is 0 Å². The van der Waals surface area contributed by atoms with E-state index in [1.165, 1.54) is 16.8 Å². The average molecular weight is 150 g/mol. The summed E-state index contributed by atoms with van der Waals surface area (Å²) in [7, 11) is 0. The normalized spacial score (nSPS) is 12.3. The predicted molar refractivity (Wildman–Crippen MR) is 48.2 cm³/mol. The van der Waals surface area contributed by atoms with Crippen LogP contribution >= 0.6 is 0 Å². The molecule has 60 valence electrons. The van der Waals surface area contributed by atoms with Gasteiger partial charge in [0, 0.05) is 23.7 Å². The monoisotopic (exact) mass is 150 g/mol. The van der Waals surface area contributed by atoms with Crippen LogP contribution < -0.4 is 0 Å². The molecule has 0 fully saturated rings. The third kappa shape index (κ3) is 1.34. The van der Waals surface area contributed by atoms with E-state index in [-0.39, 0.29) is 0 Å². The Morgan fingerprint density at radius 3 is 2.82 bits per heavy atom. The highest BCUT2D eigenvalue weighted by Crippen LogP contribution is 2.15. The van der Waals surface area contributed by atoms with Crippen LogP contribution in [0.5, 0.6) is 0 Å². The van der Waals surface area contributed by atoms with Crippen molar-refractivity contribution in [2.75, 3.05) is 0 Å². The molecular formula is C9H14N2. The Balaban J connectivity index is 0.000000281. The maximum Gasteiger partial charge on any atom is 0.0796 e. The summed E-state index contributed by atoms with van der Waals surface area (Å²) in [5, 5.41) is 0. The number of hydrogen-bond donors (Lipinski definition) is 1. The molecule has 0 aromatic carbocycles. The highest BCUT2D eigenvalue weighted by Gasteiger charge is 2.08. The van der Waals surface area contributed by atoms with Crippen molar-refractivity contribution in [2.45, 2.75) is 27.3 Å². The molecule has 2 heterocycles. The number of rotatable bonds is 0. The Hall–Kier alpha value is -1.05. The van der Waals surface area contributed by atoms with Gasteiger partial charge in [-0.1, -0.05) is 13.8 Å². The number of aromatic amines is 1. The van der Waals surface area contributed by atoms with Crippen LogP contribution in [0.4, 0.5) is 0 Å². The standard InChI is InChI=1S/C7H8N2.C2H6/c1-5-2-9-7-4-8-3-6(5)7;1-2/h2-3,9H,4H2,1H3;1-2H3. The topological polar surface area (TPSA) is 28.1 Å². The van der Waals surface area contributed by atoms with Gasteiger partial charge < -0.3 is 4.98 Å². The van der Waals surface area contributed by atoms with Crippen molar-refractivity contribution in [2.24, 2.45) is 4.99 Å². The largest absolute Gasteiger partial charge is 0.363 e. The lowest BCUT2D eigenvalue weighted by molar-refractivity contribution is 1.04. The van der Waals surface area contributed by atoms with E-state index >= 15 is 0 Å². The first-order chi connectivity index (χ1) is 5.38. The first-order valence-electron chi connectivity index (χ1n) is 4.04. The van der Waals surface area contributed by atoms with Crippen molar-refractivity contribution >= 4 is 6.21 Å². The third-order valence-corrected chi connectivity index (χ3v) is 1.68. The van der Waals surface area contributed by atoms with Crippen molar-refractivity contribution in [1.29, 1.82) is 0 Å². The number of nitrogens with one attached hydrogen (secondary N) is 1. The Bertz CT molecular complexity index is 259. The summed E-state index contributed by atoms with van der Waals surface area (Å²) in [6.07, 6.45) is 3.96. The van der Waals surface area contributed by atoms with Crippen molar-refractivity contribution in [3.63, 3.8) is 0 Å². The molecule has 11 heavy (non-hydrogen) atoms. The molecular weight excluding hydrogens is 136 g/mol. The molecule has 0 radical (unpaired) electrons. The maximum atomic E-state index is 4.12. The minimum absolute atomic E-state index is 0.836. The molecule has 1 N–H and O–H groups in total. The van der Waals surface area contributed by atoms with E-state index in [1.54, 1.807) is 0 Å². The number of H-pyrrole nitrogens is 1. The summed E-state index contributed by atoms with van der Waals surface area (Å²) >= 11 is 0. The van der Waals surface area contributed by atoms with Gasteiger partial charge in [0.15, 0.2) is 0 Å². The fraction of sp³-hybridized carbons (Fsp3) is 0.444. The van der Waals surface area contributed by atoms with Crippen LogP contribution in [-0.4, -0.2) is 11.2 Å². The van der Waals surface area contributed by atoms with E-state index < -0.39 is 0 Å². The zero-order valence-electron chi connectivity index (χ0n) is 7.31. The fourth-order valence-corrected chi connectivity index (χ4v) is 1.13. The van der Waals surface area contributed by atoms with E-state index in [1.807, 2.05) is 26.3 Å². The smallest absolute Gasteiger partial charge is 0.0796 e. The Morgan fingerprint density at radius 1 is 1.45 bits per heavy atom. The molecule has 0 saturated carbocycles. The molecule has 1 aliphatic rings. The first kappa shape index (κ1) is 8.05. The van der Waals surface area contributed by atoms with Gasteiger partial charge in [-0.25, -0.2) is 0 Å². The van der Waals surface area contributed by atoms with Crippen molar-refractivity contribution < 1.29 is 0 Å². The molecule has 0 saturated heterocycles. The lowest BCUT2D eigenvalue weighted by atomic mass is 10.2. The molecule has 1 aliphatic heterocycles. The molecule has 1 aromatic heterocycles. The molecule has 0 unspecified atom stereocenters. The van der Waals surface area contributed by atoms with Crippen LogP contribution in [-0.2, 0) is 6.54 Å². The lowest BCUT2D eigenvalue weighted by Gasteiger charge is -1.83. The first-order valence-corrected chi connectivity index (χ1v) is 4.04. The highest BCUT2D eigenvalue weighted by atomic mass is 14.8. The minimum Gasteiger partial charge on any atom is -0.363 e. The van der Waals surface area contributed by atoms with Crippen LogP contribution in [0, 0.1) is 6.92 Å². The zero-order valence-corrected chi connectivity index (χ0v) is 7.31. The van der Waals surface area contributed by atoms with Crippen LogP contribution in [0.15, 0.2) is 11.2 Å². The zero-order chi connectivity index (χ0) is 8.27. The number of aryl methyl sites for hydroxylation is 1. The quantitative estimate of drug-likeness (QED) is 0.587. The average Bonchev–Trinajstić information content (AvgIpc) is 2.60. The molecule has 1 aromatic rings. The highest BCUT2D eigenvalue weighted by molar-refractivity contribution is 5.85. The van der Waals surface area contributed by atoms with Crippen LogP contribution in [0.2, 0.25) is 0 Å². The van der Waals surface area contributed by atoms with Gasteiger partial charge in [0.25, 0.3) is 0 Å². The molecule has 2 nitrogen and oxygen atoms in total. The summed E-state index contributed by atoms with van der Waals surface area (Å²) in [6, 6.07) is 0. The summed E-state index contributed by atoms with van der Waals surface area (Å²) in [5.41, 5.74) is 3.84. The Labute approximate surface area is 67.4 Å². The Kier molecular flexibility index (Phi) is 2.47. The van der Waals surface area contributed by atoms with Crippen molar-refractivity contribution in [3.8, 4) is 0 Å². The van der Waals surface area contributed by atoms with Crippen molar-refractivity contribution in [3.05, 3.63) is 23.0 Å². The van der Waals surface area contributed by atoms with Gasteiger partial charge in [-0.3, -0.25) is 4.99 Å². The molecule has 2 rings (SSSR count). The summed E-state index contributed by atoms with van der Waals surface area (Å²) in [5.74, 6) is 0. The van der Waals surface area contributed by atoms with Gasteiger partial charge in [-0.15, -0.1) is 0 Å². The van der Waals surface area contributed by atoms with Crippen LogP contribution in [0.25, 0.3) is 0 Å². The van der Waals surface area contributed by atoms with E-state index in [0.717, 1.165) is 6.54 Å². The SMILES string of the molecule is CC.Cc1c[nH]c2c1C=NC2. The number of fused-ring (bicyclic) bond motifs is 1.